The maximum atomic E-state index is 12.7. The van der Waals surface area contributed by atoms with Crippen molar-refractivity contribution in [3.8, 4) is 23.0 Å². The van der Waals surface area contributed by atoms with Gasteiger partial charge in [0.15, 0.2) is 18.1 Å². The molecule has 0 aliphatic heterocycles. The van der Waals surface area contributed by atoms with Crippen LogP contribution in [0.1, 0.15) is 27.0 Å². The highest BCUT2D eigenvalue weighted by molar-refractivity contribution is 9.10. The van der Waals surface area contributed by atoms with E-state index in [0.29, 0.717) is 22.8 Å². The van der Waals surface area contributed by atoms with E-state index in [0.717, 1.165) is 15.6 Å². The van der Waals surface area contributed by atoms with Gasteiger partial charge >= 0.3 is 5.97 Å². The first-order valence-corrected chi connectivity index (χ1v) is 11.4. The van der Waals surface area contributed by atoms with Crippen LogP contribution in [-0.2, 0) is 4.79 Å². The third-order valence-corrected chi connectivity index (χ3v) is 5.53. The number of rotatable bonds is 9. The number of ether oxygens (including phenoxy) is 4. The van der Waals surface area contributed by atoms with Gasteiger partial charge in [0.2, 0.25) is 0 Å². The molecule has 3 aromatic carbocycles. The number of carbonyl (C=O) groups excluding carboxylic acids is 2. The third kappa shape index (κ3) is 7.07. The van der Waals surface area contributed by atoms with Gasteiger partial charge in [0.05, 0.1) is 26.0 Å². The number of nitrogens with one attached hydrogen (secondary N) is 1. The second-order valence-electron chi connectivity index (χ2n) is 7.47. The largest absolute Gasteiger partial charge is 0.493 e. The summed E-state index contributed by atoms with van der Waals surface area (Å²) in [7, 11) is 3.00. The average molecular weight is 541 g/mol. The lowest BCUT2D eigenvalue weighted by molar-refractivity contribution is -0.123. The molecule has 182 valence electrons. The number of methoxy groups -OCH3 is 2. The summed E-state index contributed by atoms with van der Waals surface area (Å²) in [6.07, 6.45) is 1.38. The van der Waals surface area contributed by atoms with Crippen LogP contribution >= 0.6 is 15.9 Å². The first kappa shape index (κ1) is 25.8. The van der Waals surface area contributed by atoms with Crippen molar-refractivity contribution in [2.24, 2.45) is 5.10 Å². The summed E-state index contributed by atoms with van der Waals surface area (Å²) in [5.74, 6) is 0.746. The number of benzene rings is 3. The van der Waals surface area contributed by atoms with Crippen LogP contribution in [0, 0.1) is 13.8 Å². The third-order valence-electron chi connectivity index (χ3n) is 5.03. The molecule has 0 heterocycles. The molecular formula is C26H25BrN2O6. The number of esters is 1. The maximum absolute atomic E-state index is 12.7. The van der Waals surface area contributed by atoms with Gasteiger partial charge < -0.3 is 18.9 Å². The summed E-state index contributed by atoms with van der Waals surface area (Å²) in [5.41, 5.74) is 5.38. The number of halogens is 1. The minimum Gasteiger partial charge on any atom is -0.493 e. The minimum absolute atomic E-state index is 0.195. The van der Waals surface area contributed by atoms with Gasteiger partial charge in [0.1, 0.15) is 11.5 Å². The van der Waals surface area contributed by atoms with Crippen molar-refractivity contribution in [3.63, 3.8) is 0 Å². The van der Waals surface area contributed by atoms with Gasteiger partial charge in [-0.2, -0.15) is 5.10 Å². The van der Waals surface area contributed by atoms with E-state index < -0.39 is 11.9 Å². The van der Waals surface area contributed by atoms with Crippen LogP contribution in [0.5, 0.6) is 23.0 Å². The Morgan fingerprint density at radius 1 is 0.914 bits per heavy atom. The Balaban J connectivity index is 1.65. The standard InChI is InChI=1S/C26H25BrN2O6/c1-16-5-8-21(11-17(16)2)34-15-25(30)29-28-14-19-12-20(27)7-10-22(19)35-26(31)18-6-9-23(32-3)24(13-18)33-4/h5-14H,15H2,1-4H3,(H,29,30)/b28-14+. The van der Waals surface area contributed by atoms with E-state index >= 15 is 0 Å². The van der Waals surface area contributed by atoms with Gasteiger partial charge in [0, 0.05) is 10.0 Å². The molecule has 0 atom stereocenters. The van der Waals surface area contributed by atoms with Crippen LogP contribution in [0.25, 0.3) is 0 Å². The van der Waals surface area contributed by atoms with Crippen LogP contribution < -0.4 is 24.4 Å². The fraction of sp³-hybridized carbons (Fsp3) is 0.192. The average Bonchev–Trinajstić information content (AvgIpc) is 2.85. The molecule has 1 N–H and O–H groups in total. The van der Waals surface area contributed by atoms with Crippen molar-refractivity contribution >= 4 is 34.0 Å². The highest BCUT2D eigenvalue weighted by Gasteiger charge is 2.15. The monoisotopic (exact) mass is 540 g/mol. The van der Waals surface area contributed by atoms with E-state index in [4.69, 9.17) is 18.9 Å². The van der Waals surface area contributed by atoms with E-state index in [1.165, 1.54) is 26.5 Å². The quantitative estimate of drug-likeness (QED) is 0.181. The number of hydrazone groups is 1. The van der Waals surface area contributed by atoms with Crippen LogP contribution in [0.15, 0.2) is 64.2 Å². The summed E-state index contributed by atoms with van der Waals surface area (Å²) < 4.78 is 22.2. The van der Waals surface area contributed by atoms with Crippen molar-refractivity contribution in [3.05, 3.63) is 81.3 Å². The van der Waals surface area contributed by atoms with Gasteiger partial charge in [0.25, 0.3) is 5.91 Å². The highest BCUT2D eigenvalue weighted by Crippen LogP contribution is 2.29. The van der Waals surface area contributed by atoms with Crippen molar-refractivity contribution < 1.29 is 28.5 Å². The molecule has 1 amide bonds. The molecule has 0 aliphatic carbocycles. The van der Waals surface area contributed by atoms with Gasteiger partial charge in [-0.3, -0.25) is 4.79 Å². The molecule has 35 heavy (non-hydrogen) atoms. The molecule has 0 aromatic heterocycles. The molecular weight excluding hydrogens is 516 g/mol. The second-order valence-corrected chi connectivity index (χ2v) is 8.39. The zero-order chi connectivity index (χ0) is 25.4. The first-order chi connectivity index (χ1) is 16.8. The van der Waals surface area contributed by atoms with Crippen LogP contribution in [0.3, 0.4) is 0 Å². The Morgan fingerprint density at radius 3 is 2.37 bits per heavy atom. The molecule has 3 aromatic rings. The number of hydrogen-bond acceptors (Lipinski definition) is 7. The lowest BCUT2D eigenvalue weighted by Gasteiger charge is -2.11. The Bertz CT molecular complexity index is 1260. The second kappa shape index (κ2) is 12.0. The smallest absolute Gasteiger partial charge is 0.343 e. The van der Waals surface area contributed by atoms with Crippen molar-refractivity contribution in [1.29, 1.82) is 0 Å². The summed E-state index contributed by atoms with van der Waals surface area (Å²) >= 11 is 3.38. The topological polar surface area (TPSA) is 95.5 Å². The molecule has 3 rings (SSSR count). The summed E-state index contributed by atoms with van der Waals surface area (Å²) in [6, 6.07) is 15.4. The Morgan fingerprint density at radius 2 is 1.66 bits per heavy atom. The normalized spacial score (nSPS) is 10.7. The SMILES string of the molecule is COc1ccc(C(=O)Oc2ccc(Br)cc2/C=N/NC(=O)COc2ccc(C)c(C)c2)cc1OC. The zero-order valence-electron chi connectivity index (χ0n) is 19.8. The number of hydrogen-bond donors (Lipinski definition) is 1. The van der Waals surface area contributed by atoms with Crippen molar-refractivity contribution in [2.45, 2.75) is 13.8 Å². The lowest BCUT2D eigenvalue weighted by atomic mass is 10.1. The van der Waals surface area contributed by atoms with Gasteiger partial charge in [-0.25, -0.2) is 10.2 Å². The Labute approximate surface area is 212 Å². The van der Waals surface area contributed by atoms with Crippen molar-refractivity contribution in [1.82, 2.24) is 5.43 Å². The lowest BCUT2D eigenvalue weighted by Crippen LogP contribution is -2.24. The van der Waals surface area contributed by atoms with Crippen molar-refractivity contribution in [2.75, 3.05) is 20.8 Å². The molecule has 0 fully saturated rings. The number of amides is 1. The van der Waals surface area contributed by atoms with Crippen LogP contribution in [-0.4, -0.2) is 38.9 Å². The van der Waals surface area contributed by atoms with E-state index in [1.807, 2.05) is 26.0 Å². The number of aryl methyl sites for hydroxylation is 2. The summed E-state index contributed by atoms with van der Waals surface area (Å²) in [4.78, 5) is 24.8. The van der Waals surface area contributed by atoms with Gasteiger partial charge in [-0.15, -0.1) is 0 Å². The molecule has 0 bridgehead atoms. The fourth-order valence-corrected chi connectivity index (χ4v) is 3.37. The zero-order valence-corrected chi connectivity index (χ0v) is 21.3. The molecule has 0 unspecified atom stereocenters. The molecule has 0 saturated heterocycles. The Kier molecular flexibility index (Phi) is 8.86. The van der Waals surface area contributed by atoms with Crippen LogP contribution in [0.4, 0.5) is 0 Å². The van der Waals surface area contributed by atoms with E-state index in [-0.39, 0.29) is 17.9 Å². The maximum Gasteiger partial charge on any atom is 0.343 e. The molecule has 0 spiro atoms. The van der Waals surface area contributed by atoms with Gasteiger partial charge in [-0.1, -0.05) is 22.0 Å². The predicted octanol–water partition coefficient (Wildman–Crippen LogP) is 4.83. The Hall–Kier alpha value is -3.85. The molecule has 8 nitrogen and oxygen atoms in total. The molecule has 0 aliphatic rings. The minimum atomic E-state index is -0.589. The molecule has 0 saturated carbocycles. The number of carbonyl (C=O) groups is 2. The predicted molar refractivity (Wildman–Crippen MR) is 136 cm³/mol. The molecule has 9 heteroatoms. The summed E-state index contributed by atoms with van der Waals surface area (Å²) in [5, 5.41) is 3.96. The first-order valence-electron chi connectivity index (χ1n) is 10.6. The van der Waals surface area contributed by atoms with Crippen LogP contribution in [0.2, 0.25) is 0 Å². The van der Waals surface area contributed by atoms with E-state index in [9.17, 15) is 9.59 Å². The fourth-order valence-electron chi connectivity index (χ4n) is 2.99. The summed E-state index contributed by atoms with van der Waals surface area (Å²) in [6.45, 7) is 3.78. The molecule has 0 radical (unpaired) electrons. The van der Waals surface area contributed by atoms with Gasteiger partial charge in [-0.05, 0) is 73.5 Å². The highest BCUT2D eigenvalue weighted by atomic mass is 79.9. The van der Waals surface area contributed by atoms with E-state index in [1.54, 1.807) is 36.4 Å². The number of nitrogens with zero attached hydrogens (tertiary/aromatic N) is 1. The van der Waals surface area contributed by atoms with E-state index in [2.05, 4.69) is 26.5 Å².